The lowest BCUT2D eigenvalue weighted by molar-refractivity contribution is -0.157. The lowest BCUT2D eigenvalue weighted by Crippen LogP contribution is -2.44. The summed E-state index contributed by atoms with van der Waals surface area (Å²) in [6, 6.07) is 49.9. The molecule has 4 nitrogen and oxygen atoms in total. The minimum atomic E-state index is -1.34. The van der Waals surface area contributed by atoms with E-state index in [9.17, 15) is 4.79 Å². The van der Waals surface area contributed by atoms with Crippen molar-refractivity contribution < 1.29 is 9.53 Å². The molecule has 5 aromatic rings. The highest BCUT2D eigenvalue weighted by atomic mass is 16.5. The van der Waals surface area contributed by atoms with Gasteiger partial charge in [-0.25, -0.2) is 9.79 Å². The number of esters is 1. The molecule has 1 heterocycles. The summed E-state index contributed by atoms with van der Waals surface area (Å²) in [6.07, 6.45) is -0.445. The maximum atomic E-state index is 14.8. The Bertz CT molecular complexity index is 1610. The Morgan fingerprint density at radius 1 is 0.732 bits per heavy atom. The molecular weight excluding hydrogens is 504 g/mol. The van der Waals surface area contributed by atoms with Crippen LogP contribution in [-0.2, 0) is 21.6 Å². The zero-order chi connectivity index (χ0) is 28.1. The normalized spacial score (nSPS) is 18.9. The largest absolute Gasteiger partial charge is 0.456 e. The molecule has 5 aromatic carbocycles. The van der Waals surface area contributed by atoms with E-state index >= 15 is 0 Å². The number of hydrogen-bond acceptors (Lipinski definition) is 4. The molecule has 0 fully saturated rings. The van der Waals surface area contributed by atoms with Gasteiger partial charge in [-0.2, -0.15) is 0 Å². The van der Waals surface area contributed by atoms with E-state index in [0.29, 0.717) is 6.54 Å². The fourth-order valence-electron chi connectivity index (χ4n) is 5.69. The molecule has 202 valence electrons. The van der Waals surface area contributed by atoms with Crippen molar-refractivity contribution in [2.24, 2.45) is 4.99 Å². The van der Waals surface area contributed by atoms with E-state index in [1.54, 1.807) is 0 Å². The van der Waals surface area contributed by atoms with Crippen LogP contribution in [0.3, 0.4) is 0 Å². The molecule has 4 heteroatoms. The van der Waals surface area contributed by atoms with Crippen LogP contribution in [0.1, 0.15) is 46.9 Å². The predicted octanol–water partition coefficient (Wildman–Crippen LogP) is 7.89. The highest BCUT2D eigenvalue weighted by Crippen LogP contribution is 2.50. The molecule has 0 aliphatic carbocycles. The van der Waals surface area contributed by atoms with E-state index in [1.807, 2.05) is 122 Å². The number of nitrogens with zero attached hydrogens (tertiary/aromatic N) is 2. The Morgan fingerprint density at radius 3 is 1.85 bits per heavy atom. The molecule has 0 aromatic heterocycles. The Labute approximate surface area is 241 Å². The molecule has 0 saturated heterocycles. The van der Waals surface area contributed by atoms with Gasteiger partial charge < -0.3 is 9.64 Å². The molecule has 0 N–H and O–H groups in total. The summed E-state index contributed by atoms with van der Waals surface area (Å²) in [6.45, 7) is 2.49. The van der Waals surface area contributed by atoms with E-state index in [4.69, 9.17) is 9.73 Å². The predicted molar refractivity (Wildman–Crippen MR) is 163 cm³/mol. The van der Waals surface area contributed by atoms with Gasteiger partial charge >= 0.3 is 5.97 Å². The highest BCUT2D eigenvalue weighted by molar-refractivity contribution is 6.04. The summed E-state index contributed by atoms with van der Waals surface area (Å²) >= 11 is 0. The zero-order valence-corrected chi connectivity index (χ0v) is 23.0. The molecule has 3 atom stereocenters. The summed E-state index contributed by atoms with van der Waals surface area (Å²) in [5.74, 6) is 0.384. The van der Waals surface area contributed by atoms with Crippen molar-refractivity contribution in [2.75, 3.05) is 0 Å². The number of carbonyl (C=O) groups is 1. The first-order chi connectivity index (χ1) is 20.2. The number of benzene rings is 5. The Hall–Kier alpha value is -4.96. The Balaban J connectivity index is 1.57. The lowest BCUT2D eigenvalue weighted by Gasteiger charge is -2.37. The minimum absolute atomic E-state index is 0.377. The molecule has 1 aliphatic heterocycles. The Morgan fingerprint density at radius 2 is 1.24 bits per heavy atom. The van der Waals surface area contributed by atoms with Crippen LogP contribution in [-0.4, -0.2) is 16.7 Å². The van der Waals surface area contributed by atoms with Gasteiger partial charge in [-0.3, -0.25) is 0 Å². The summed E-state index contributed by atoms with van der Waals surface area (Å²) in [5.41, 5.74) is 3.46. The topological polar surface area (TPSA) is 41.9 Å². The first-order valence-corrected chi connectivity index (χ1v) is 14.0. The molecular formula is C37H32N2O2. The maximum absolute atomic E-state index is 14.8. The van der Waals surface area contributed by atoms with Crippen molar-refractivity contribution >= 4 is 11.8 Å². The van der Waals surface area contributed by atoms with Crippen LogP contribution >= 0.6 is 0 Å². The second-order valence-electron chi connectivity index (χ2n) is 10.3. The summed E-state index contributed by atoms with van der Waals surface area (Å²) in [5, 5.41) is 0. The van der Waals surface area contributed by atoms with Crippen LogP contribution in [0.4, 0.5) is 0 Å². The molecule has 0 bridgehead atoms. The van der Waals surface area contributed by atoms with Gasteiger partial charge in [0, 0.05) is 12.1 Å². The van der Waals surface area contributed by atoms with Crippen molar-refractivity contribution in [3.8, 4) is 0 Å². The van der Waals surface area contributed by atoms with Crippen LogP contribution in [0.15, 0.2) is 157 Å². The standard InChI is InChI=1S/C37H32N2O2/c1-28(30-19-9-3-10-20-30)41-36(40)37(33-25-15-6-16-26-33)34(31-21-11-4-12-22-31)39(27-29-17-7-2-8-18-29)35(38-37)32-23-13-5-14-24-32/h2-26,28,34H,27H2,1H3/t28-,34+,37+/m1/s1. The number of rotatable bonds is 8. The summed E-state index contributed by atoms with van der Waals surface area (Å²) in [4.78, 5) is 22.4. The van der Waals surface area contributed by atoms with Crippen molar-refractivity contribution in [1.29, 1.82) is 0 Å². The van der Waals surface area contributed by atoms with Crippen LogP contribution in [0.25, 0.3) is 0 Å². The average Bonchev–Trinajstić information content (AvgIpc) is 3.39. The zero-order valence-electron chi connectivity index (χ0n) is 23.0. The van der Waals surface area contributed by atoms with Crippen molar-refractivity contribution in [3.05, 3.63) is 179 Å². The van der Waals surface area contributed by atoms with Gasteiger partial charge in [0.25, 0.3) is 0 Å². The maximum Gasteiger partial charge on any atom is 0.341 e. The minimum Gasteiger partial charge on any atom is -0.456 e. The third-order valence-electron chi connectivity index (χ3n) is 7.68. The van der Waals surface area contributed by atoms with Gasteiger partial charge in [-0.05, 0) is 29.2 Å². The number of hydrogen-bond donors (Lipinski definition) is 0. The number of aliphatic imine (C=N–C) groups is 1. The molecule has 0 saturated carbocycles. The second kappa shape index (κ2) is 11.6. The fourth-order valence-corrected chi connectivity index (χ4v) is 5.69. The number of ether oxygens (including phenoxy) is 1. The van der Waals surface area contributed by atoms with E-state index in [1.165, 1.54) is 0 Å². The Kier molecular flexibility index (Phi) is 7.46. The van der Waals surface area contributed by atoms with Gasteiger partial charge in [-0.1, -0.05) is 152 Å². The second-order valence-corrected chi connectivity index (χ2v) is 10.3. The van der Waals surface area contributed by atoms with Crippen LogP contribution in [0.5, 0.6) is 0 Å². The molecule has 0 unspecified atom stereocenters. The summed E-state index contributed by atoms with van der Waals surface area (Å²) in [7, 11) is 0. The van der Waals surface area contributed by atoms with Crippen LogP contribution in [0.2, 0.25) is 0 Å². The average molecular weight is 537 g/mol. The third-order valence-corrected chi connectivity index (χ3v) is 7.68. The number of amidine groups is 1. The van der Waals surface area contributed by atoms with Gasteiger partial charge in [0.2, 0.25) is 5.54 Å². The van der Waals surface area contributed by atoms with Gasteiger partial charge in [-0.15, -0.1) is 0 Å². The molecule has 0 spiro atoms. The quantitative estimate of drug-likeness (QED) is 0.189. The lowest BCUT2D eigenvalue weighted by atomic mass is 9.79. The van der Waals surface area contributed by atoms with Crippen molar-refractivity contribution in [3.63, 3.8) is 0 Å². The third kappa shape index (κ3) is 5.17. The van der Waals surface area contributed by atoms with Gasteiger partial charge in [0.1, 0.15) is 11.9 Å². The van der Waals surface area contributed by atoms with Crippen molar-refractivity contribution in [2.45, 2.75) is 31.2 Å². The first kappa shape index (κ1) is 26.3. The molecule has 0 amide bonds. The molecule has 41 heavy (non-hydrogen) atoms. The van der Waals surface area contributed by atoms with Gasteiger partial charge in [0.05, 0.1) is 6.04 Å². The van der Waals surface area contributed by atoms with E-state index in [-0.39, 0.29) is 5.97 Å². The highest BCUT2D eigenvalue weighted by Gasteiger charge is 2.57. The first-order valence-electron chi connectivity index (χ1n) is 14.0. The van der Waals surface area contributed by atoms with E-state index in [2.05, 4.69) is 41.3 Å². The van der Waals surface area contributed by atoms with Crippen LogP contribution < -0.4 is 0 Å². The molecule has 6 rings (SSSR count). The van der Waals surface area contributed by atoms with Gasteiger partial charge in [0.15, 0.2) is 0 Å². The summed E-state index contributed by atoms with van der Waals surface area (Å²) < 4.78 is 6.34. The van der Waals surface area contributed by atoms with Crippen molar-refractivity contribution in [1.82, 2.24) is 4.90 Å². The fraction of sp³-hybridized carbons (Fsp3) is 0.135. The SMILES string of the molecule is C[C@@H](OC(=O)[C@@]1(c2ccccc2)N=C(c2ccccc2)N(Cc2ccccc2)[C@H]1c1ccccc1)c1ccccc1. The monoisotopic (exact) mass is 536 g/mol. The van der Waals surface area contributed by atoms with Crippen LogP contribution in [0, 0.1) is 0 Å². The molecule has 1 aliphatic rings. The van der Waals surface area contributed by atoms with E-state index in [0.717, 1.165) is 33.7 Å². The number of carbonyl (C=O) groups excluding carboxylic acids is 1. The van der Waals surface area contributed by atoms with E-state index < -0.39 is 17.7 Å². The smallest absolute Gasteiger partial charge is 0.341 e. The molecule has 0 radical (unpaired) electrons.